The number of rotatable bonds is 4. The van der Waals surface area contributed by atoms with E-state index in [0.29, 0.717) is 11.7 Å². The summed E-state index contributed by atoms with van der Waals surface area (Å²) in [6, 6.07) is 1.74. The van der Waals surface area contributed by atoms with E-state index in [1.54, 1.807) is 6.07 Å². The Morgan fingerprint density at radius 3 is 2.71 bits per heavy atom. The summed E-state index contributed by atoms with van der Waals surface area (Å²) in [5.74, 6) is 0.625. The molecular weight excluding hydrogens is 220 g/mol. The molecule has 0 aliphatic carbocycles. The zero-order valence-corrected chi connectivity index (χ0v) is 10.0. The number of carbonyl (C=O) groups excluding carboxylic acids is 1. The molecule has 2 rings (SSSR count). The SMILES string of the molecule is CC(=O)C(c1nc(-c2ccoc2)no1)C(C)C. The van der Waals surface area contributed by atoms with Gasteiger partial charge >= 0.3 is 0 Å². The lowest BCUT2D eigenvalue weighted by molar-refractivity contribution is -0.119. The minimum atomic E-state index is -0.344. The summed E-state index contributed by atoms with van der Waals surface area (Å²) >= 11 is 0. The van der Waals surface area contributed by atoms with Crippen LogP contribution in [-0.2, 0) is 4.79 Å². The Hall–Kier alpha value is -1.91. The van der Waals surface area contributed by atoms with Gasteiger partial charge in [-0.2, -0.15) is 4.98 Å². The summed E-state index contributed by atoms with van der Waals surface area (Å²) in [6.45, 7) is 5.44. The summed E-state index contributed by atoms with van der Waals surface area (Å²) < 4.78 is 10.1. The molecule has 0 bridgehead atoms. The van der Waals surface area contributed by atoms with E-state index in [-0.39, 0.29) is 17.6 Å². The molecule has 0 saturated heterocycles. The Kier molecular flexibility index (Phi) is 3.08. The fourth-order valence-corrected chi connectivity index (χ4v) is 1.80. The van der Waals surface area contributed by atoms with Gasteiger partial charge in [0.2, 0.25) is 11.7 Å². The van der Waals surface area contributed by atoms with E-state index in [0.717, 1.165) is 5.56 Å². The second-order valence-corrected chi connectivity index (χ2v) is 4.30. The second-order valence-electron chi connectivity index (χ2n) is 4.30. The van der Waals surface area contributed by atoms with Crippen LogP contribution in [0.1, 0.15) is 32.6 Å². The average Bonchev–Trinajstić information content (AvgIpc) is 2.83. The van der Waals surface area contributed by atoms with Gasteiger partial charge in [0.05, 0.1) is 17.7 Å². The first-order valence-corrected chi connectivity index (χ1v) is 5.46. The second kappa shape index (κ2) is 4.53. The Bertz CT molecular complexity index is 500. The zero-order chi connectivity index (χ0) is 12.4. The Balaban J connectivity index is 2.31. The first kappa shape index (κ1) is 11.6. The molecular formula is C12H14N2O3. The summed E-state index contributed by atoms with van der Waals surface area (Å²) in [5, 5.41) is 3.85. The van der Waals surface area contributed by atoms with E-state index in [1.807, 2.05) is 13.8 Å². The molecule has 0 radical (unpaired) electrons. The fourth-order valence-electron chi connectivity index (χ4n) is 1.80. The molecule has 1 atom stereocenters. The highest BCUT2D eigenvalue weighted by molar-refractivity contribution is 5.82. The number of Topliss-reactive ketones (excluding diaryl/α,β-unsaturated/α-hetero) is 1. The van der Waals surface area contributed by atoms with E-state index in [4.69, 9.17) is 8.94 Å². The highest BCUT2D eigenvalue weighted by atomic mass is 16.5. The van der Waals surface area contributed by atoms with Crippen molar-refractivity contribution >= 4 is 5.78 Å². The smallest absolute Gasteiger partial charge is 0.237 e. The topological polar surface area (TPSA) is 69.1 Å². The molecule has 0 amide bonds. The van der Waals surface area contributed by atoms with Crippen molar-refractivity contribution in [1.29, 1.82) is 0 Å². The molecule has 2 aromatic heterocycles. The first-order chi connectivity index (χ1) is 8.09. The van der Waals surface area contributed by atoms with Crippen LogP contribution < -0.4 is 0 Å². The van der Waals surface area contributed by atoms with Gasteiger partial charge in [-0.05, 0) is 18.9 Å². The highest BCUT2D eigenvalue weighted by Gasteiger charge is 2.27. The van der Waals surface area contributed by atoms with Gasteiger partial charge in [-0.15, -0.1) is 0 Å². The fraction of sp³-hybridized carbons (Fsp3) is 0.417. The molecule has 1 unspecified atom stereocenters. The molecule has 0 spiro atoms. The maximum atomic E-state index is 11.5. The van der Waals surface area contributed by atoms with E-state index >= 15 is 0 Å². The largest absolute Gasteiger partial charge is 0.472 e. The summed E-state index contributed by atoms with van der Waals surface area (Å²) in [4.78, 5) is 15.8. The van der Waals surface area contributed by atoms with Gasteiger partial charge in [-0.1, -0.05) is 19.0 Å². The van der Waals surface area contributed by atoms with Crippen molar-refractivity contribution in [3.8, 4) is 11.4 Å². The minimum absolute atomic E-state index is 0.0300. The van der Waals surface area contributed by atoms with Crippen molar-refractivity contribution in [2.75, 3.05) is 0 Å². The molecule has 0 aromatic carbocycles. The quantitative estimate of drug-likeness (QED) is 0.813. The van der Waals surface area contributed by atoms with E-state index in [2.05, 4.69) is 10.1 Å². The maximum Gasteiger partial charge on any atom is 0.237 e. The van der Waals surface area contributed by atoms with Gasteiger partial charge in [0.25, 0.3) is 0 Å². The van der Waals surface area contributed by atoms with Gasteiger partial charge in [-0.25, -0.2) is 0 Å². The van der Waals surface area contributed by atoms with Gasteiger partial charge in [-0.3, -0.25) is 4.79 Å². The summed E-state index contributed by atoms with van der Waals surface area (Å²) in [5.41, 5.74) is 0.742. The van der Waals surface area contributed by atoms with Crippen LogP contribution in [0.4, 0.5) is 0 Å². The molecule has 0 N–H and O–H groups in total. The number of furan rings is 1. The zero-order valence-electron chi connectivity index (χ0n) is 10.0. The Labute approximate surface area is 98.8 Å². The van der Waals surface area contributed by atoms with Crippen molar-refractivity contribution in [1.82, 2.24) is 10.1 Å². The van der Waals surface area contributed by atoms with Gasteiger partial charge in [0, 0.05) is 0 Å². The molecule has 0 aliphatic heterocycles. The maximum absolute atomic E-state index is 11.5. The number of hydrogen-bond acceptors (Lipinski definition) is 5. The Morgan fingerprint density at radius 1 is 1.41 bits per heavy atom. The minimum Gasteiger partial charge on any atom is -0.472 e. The number of ketones is 1. The van der Waals surface area contributed by atoms with Crippen LogP contribution in [0.3, 0.4) is 0 Å². The molecule has 0 saturated carbocycles. The van der Waals surface area contributed by atoms with Gasteiger partial charge in [0.1, 0.15) is 12.0 Å². The van der Waals surface area contributed by atoms with E-state index in [9.17, 15) is 4.79 Å². The molecule has 5 nitrogen and oxygen atoms in total. The van der Waals surface area contributed by atoms with Crippen LogP contribution in [0.2, 0.25) is 0 Å². The van der Waals surface area contributed by atoms with E-state index in [1.165, 1.54) is 19.5 Å². The highest BCUT2D eigenvalue weighted by Crippen LogP contribution is 2.26. The van der Waals surface area contributed by atoms with Gasteiger partial charge in [0.15, 0.2) is 0 Å². The third kappa shape index (κ3) is 2.27. The molecule has 0 aliphatic rings. The van der Waals surface area contributed by atoms with Crippen molar-refractivity contribution in [3.05, 3.63) is 24.5 Å². The van der Waals surface area contributed by atoms with Crippen molar-refractivity contribution in [2.24, 2.45) is 5.92 Å². The molecule has 2 aromatic rings. The summed E-state index contributed by atoms with van der Waals surface area (Å²) in [7, 11) is 0. The number of carbonyl (C=O) groups is 1. The molecule has 5 heteroatoms. The number of nitrogens with zero attached hydrogens (tertiary/aromatic N) is 2. The van der Waals surface area contributed by atoms with Crippen LogP contribution in [-0.4, -0.2) is 15.9 Å². The van der Waals surface area contributed by atoms with Crippen LogP contribution in [0.5, 0.6) is 0 Å². The normalized spacial score (nSPS) is 12.9. The van der Waals surface area contributed by atoms with Crippen molar-refractivity contribution in [2.45, 2.75) is 26.7 Å². The summed E-state index contributed by atoms with van der Waals surface area (Å²) in [6.07, 6.45) is 3.07. The van der Waals surface area contributed by atoms with Crippen molar-refractivity contribution < 1.29 is 13.7 Å². The third-order valence-electron chi connectivity index (χ3n) is 2.59. The molecule has 0 fully saturated rings. The molecule has 2 heterocycles. The van der Waals surface area contributed by atoms with Crippen LogP contribution >= 0.6 is 0 Å². The molecule has 90 valence electrons. The monoisotopic (exact) mass is 234 g/mol. The van der Waals surface area contributed by atoms with Crippen LogP contribution in [0.15, 0.2) is 27.5 Å². The number of aromatic nitrogens is 2. The predicted octanol–water partition coefficient (Wildman–Crippen LogP) is 2.66. The molecule has 17 heavy (non-hydrogen) atoms. The third-order valence-corrected chi connectivity index (χ3v) is 2.59. The van der Waals surface area contributed by atoms with E-state index < -0.39 is 0 Å². The van der Waals surface area contributed by atoms with Crippen LogP contribution in [0, 0.1) is 5.92 Å². The number of hydrogen-bond donors (Lipinski definition) is 0. The van der Waals surface area contributed by atoms with Crippen molar-refractivity contribution in [3.63, 3.8) is 0 Å². The van der Waals surface area contributed by atoms with Crippen LogP contribution in [0.25, 0.3) is 11.4 Å². The average molecular weight is 234 g/mol. The Morgan fingerprint density at radius 2 is 2.18 bits per heavy atom. The lowest BCUT2D eigenvalue weighted by atomic mass is 9.92. The predicted molar refractivity (Wildman–Crippen MR) is 60.3 cm³/mol. The first-order valence-electron chi connectivity index (χ1n) is 5.46. The lowest BCUT2D eigenvalue weighted by Crippen LogP contribution is -2.15. The van der Waals surface area contributed by atoms with Gasteiger partial charge < -0.3 is 8.94 Å². The standard InChI is InChI=1S/C12H14N2O3/c1-7(2)10(8(3)15)12-13-11(14-17-12)9-4-5-16-6-9/h4-7,10H,1-3H3. The lowest BCUT2D eigenvalue weighted by Gasteiger charge is -2.12.